The SMILES string of the molecule is O=C(N[C@H]1CCS(=O)(=O)C1)N1CCC(Cc2cccnc2)CC1. The Labute approximate surface area is 137 Å². The molecule has 2 aliphatic heterocycles. The van der Waals surface area contributed by atoms with Crippen LogP contribution in [0.1, 0.15) is 24.8 Å². The van der Waals surface area contributed by atoms with Gasteiger partial charge in [-0.15, -0.1) is 0 Å². The summed E-state index contributed by atoms with van der Waals surface area (Å²) < 4.78 is 22.9. The van der Waals surface area contributed by atoms with Crippen LogP contribution in [0, 0.1) is 5.92 Å². The lowest BCUT2D eigenvalue weighted by Crippen LogP contribution is -2.48. The number of hydrogen-bond donors (Lipinski definition) is 1. The highest BCUT2D eigenvalue weighted by Gasteiger charge is 2.31. The van der Waals surface area contributed by atoms with Crippen molar-refractivity contribution in [3.05, 3.63) is 30.1 Å². The van der Waals surface area contributed by atoms with Crippen molar-refractivity contribution in [2.75, 3.05) is 24.6 Å². The van der Waals surface area contributed by atoms with E-state index in [4.69, 9.17) is 0 Å². The molecule has 0 spiro atoms. The second-order valence-electron chi connectivity index (χ2n) is 6.55. The van der Waals surface area contributed by atoms with Crippen LogP contribution < -0.4 is 5.32 Å². The van der Waals surface area contributed by atoms with Gasteiger partial charge in [-0.1, -0.05) is 6.07 Å². The van der Waals surface area contributed by atoms with Crippen LogP contribution in [0.25, 0.3) is 0 Å². The average Bonchev–Trinajstić information content (AvgIpc) is 2.88. The average molecular weight is 337 g/mol. The summed E-state index contributed by atoms with van der Waals surface area (Å²) in [6.45, 7) is 1.46. The van der Waals surface area contributed by atoms with Crippen molar-refractivity contribution in [2.45, 2.75) is 31.7 Å². The number of urea groups is 1. The Morgan fingerprint density at radius 2 is 2.09 bits per heavy atom. The Morgan fingerprint density at radius 1 is 1.30 bits per heavy atom. The maximum Gasteiger partial charge on any atom is 0.317 e. The Hall–Kier alpha value is -1.63. The molecule has 0 radical (unpaired) electrons. The third-order valence-electron chi connectivity index (χ3n) is 4.71. The minimum Gasteiger partial charge on any atom is -0.334 e. The zero-order valence-electron chi connectivity index (χ0n) is 13.1. The number of carbonyl (C=O) groups is 1. The van der Waals surface area contributed by atoms with E-state index in [1.54, 1.807) is 6.20 Å². The number of amides is 2. The molecule has 1 atom stereocenters. The van der Waals surface area contributed by atoms with E-state index in [9.17, 15) is 13.2 Å². The van der Waals surface area contributed by atoms with Gasteiger partial charge in [-0.05, 0) is 43.2 Å². The lowest BCUT2D eigenvalue weighted by molar-refractivity contribution is 0.168. The van der Waals surface area contributed by atoms with Crippen LogP contribution in [0.3, 0.4) is 0 Å². The summed E-state index contributed by atoms with van der Waals surface area (Å²) in [5.41, 5.74) is 1.24. The number of piperidine rings is 1. The molecule has 0 aromatic carbocycles. The quantitative estimate of drug-likeness (QED) is 0.900. The van der Waals surface area contributed by atoms with Crippen molar-refractivity contribution in [3.8, 4) is 0 Å². The van der Waals surface area contributed by atoms with Crippen LogP contribution in [0.15, 0.2) is 24.5 Å². The van der Waals surface area contributed by atoms with Gasteiger partial charge in [0.15, 0.2) is 9.84 Å². The summed E-state index contributed by atoms with van der Waals surface area (Å²) >= 11 is 0. The summed E-state index contributed by atoms with van der Waals surface area (Å²) in [7, 11) is -2.95. The first-order chi connectivity index (χ1) is 11.0. The number of aromatic nitrogens is 1. The largest absolute Gasteiger partial charge is 0.334 e. The van der Waals surface area contributed by atoms with E-state index < -0.39 is 9.84 Å². The minimum absolute atomic E-state index is 0.0796. The molecule has 7 heteroatoms. The first-order valence-corrected chi connectivity index (χ1v) is 9.99. The molecule has 126 valence electrons. The van der Waals surface area contributed by atoms with Gasteiger partial charge in [0.1, 0.15) is 0 Å². The standard InChI is InChI=1S/C16H23N3O3S/c20-16(18-15-5-9-23(21,22)12-15)19-7-3-13(4-8-19)10-14-2-1-6-17-11-14/h1-2,6,11,13,15H,3-5,7-10,12H2,(H,18,20)/t15-/m0/s1. The second-order valence-corrected chi connectivity index (χ2v) is 8.77. The van der Waals surface area contributed by atoms with E-state index in [-0.39, 0.29) is 23.6 Å². The van der Waals surface area contributed by atoms with Crippen LogP contribution in [0.5, 0.6) is 0 Å². The minimum atomic E-state index is -2.95. The highest BCUT2D eigenvalue weighted by atomic mass is 32.2. The summed E-state index contributed by atoms with van der Waals surface area (Å²) in [6.07, 6.45) is 7.17. The van der Waals surface area contributed by atoms with E-state index in [1.807, 2.05) is 17.2 Å². The van der Waals surface area contributed by atoms with Gasteiger partial charge in [0.25, 0.3) is 0 Å². The number of carbonyl (C=O) groups excluding carboxylic acids is 1. The summed E-state index contributed by atoms with van der Waals surface area (Å²) in [5.74, 6) is 0.844. The first kappa shape index (κ1) is 16.2. The van der Waals surface area contributed by atoms with Crippen LogP contribution in [-0.2, 0) is 16.3 Å². The van der Waals surface area contributed by atoms with Crippen LogP contribution in [0.2, 0.25) is 0 Å². The first-order valence-electron chi connectivity index (χ1n) is 8.16. The van der Waals surface area contributed by atoms with E-state index in [1.165, 1.54) is 5.56 Å². The van der Waals surface area contributed by atoms with E-state index >= 15 is 0 Å². The number of hydrogen-bond acceptors (Lipinski definition) is 4. The molecule has 0 aliphatic carbocycles. The number of pyridine rings is 1. The molecule has 0 unspecified atom stereocenters. The number of nitrogens with zero attached hydrogens (tertiary/aromatic N) is 2. The molecule has 0 bridgehead atoms. The summed E-state index contributed by atoms with van der Waals surface area (Å²) in [4.78, 5) is 18.2. The molecule has 6 nitrogen and oxygen atoms in total. The Morgan fingerprint density at radius 3 is 2.70 bits per heavy atom. The fourth-order valence-electron chi connectivity index (χ4n) is 3.37. The molecule has 2 aliphatic rings. The van der Waals surface area contributed by atoms with Crippen LogP contribution >= 0.6 is 0 Å². The van der Waals surface area contributed by atoms with Gasteiger partial charge in [0, 0.05) is 31.5 Å². The third kappa shape index (κ3) is 4.43. The third-order valence-corrected chi connectivity index (χ3v) is 6.48. The van der Waals surface area contributed by atoms with Crippen LogP contribution in [0.4, 0.5) is 4.79 Å². The van der Waals surface area contributed by atoms with Gasteiger partial charge in [-0.25, -0.2) is 13.2 Å². The molecule has 0 saturated carbocycles. The van der Waals surface area contributed by atoms with Crippen molar-refractivity contribution in [3.63, 3.8) is 0 Å². The molecule has 3 heterocycles. The fourth-order valence-corrected chi connectivity index (χ4v) is 5.04. The molecule has 1 N–H and O–H groups in total. The topological polar surface area (TPSA) is 79.4 Å². The Bertz CT molecular complexity index is 640. The number of sulfone groups is 1. The Kier molecular flexibility index (Phi) is 4.84. The zero-order valence-corrected chi connectivity index (χ0v) is 14.0. The van der Waals surface area contributed by atoms with Gasteiger partial charge in [-0.3, -0.25) is 4.98 Å². The molecule has 1 aromatic heterocycles. The smallest absolute Gasteiger partial charge is 0.317 e. The van der Waals surface area contributed by atoms with Crippen molar-refractivity contribution in [1.82, 2.24) is 15.2 Å². The molecule has 3 rings (SSSR count). The molecule has 1 aromatic rings. The van der Waals surface area contributed by atoms with E-state index in [2.05, 4.69) is 16.4 Å². The number of likely N-dealkylation sites (tertiary alicyclic amines) is 1. The highest BCUT2D eigenvalue weighted by Crippen LogP contribution is 2.21. The Balaban J connectivity index is 1.44. The lowest BCUT2D eigenvalue weighted by atomic mass is 9.91. The van der Waals surface area contributed by atoms with Gasteiger partial charge in [-0.2, -0.15) is 0 Å². The molecule has 2 fully saturated rings. The second kappa shape index (κ2) is 6.86. The van der Waals surface area contributed by atoms with Crippen molar-refractivity contribution in [1.29, 1.82) is 0 Å². The fraction of sp³-hybridized carbons (Fsp3) is 0.625. The van der Waals surface area contributed by atoms with Gasteiger partial charge in [0.2, 0.25) is 0 Å². The van der Waals surface area contributed by atoms with Gasteiger partial charge >= 0.3 is 6.03 Å². The van der Waals surface area contributed by atoms with E-state index in [0.29, 0.717) is 12.3 Å². The lowest BCUT2D eigenvalue weighted by Gasteiger charge is -2.32. The van der Waals surface area contributed by atoms with Gasteiger partial charge in [0.05, 0.1) is 11.5 Å². The number of nitrogens with one attached hydrogen (secondary N) is 1. The van der Waals surface area contributed by atoms with Crippen LogP contribution in [-0.4, -0.2) is 55.0 Å². The van der Waals surface area contributed by atoms with E-state index in [0.717, 1.165) is 32.4 Å². The molecular weight excluding hydrogens is 314 g/mol. The van der Waals surface area contributed by atoms with Crippen molar-refractivity contribution in [2.24, 2.45) is 5.92 Å². The van der Waals surface area contributed by atoms with Crippen molar-refractivity contribution < 1.29 is 13.2 Å². The predicted octanol–water partition coefficient (Wildman–Crippen LogP) is 1.23. The van der Waals surface area contributed by atoms with Crippen molar-refractivity contribution >= 4 is 15.9 Å². The normalized spacial score (nSPS) is 24.5. The highest BCUT2D eigenvalue weighted by molar-refractivity contribution is 7.91. The molecular formula is C16H23N3O3S. The summed E-state index contributed by atoms with van der Waals surface area (Å²) in [6, 6.07) is 3.70. The summed E-state index contributed by atoms with van der Waals surface area (Å²) in [5, 5.41) is 2.87. The zero-order chi connectivity index (χ0) is 16.3. The molecule has 2 saturated heterocycles. The number of rotatable bonds is 3. The predicted molar refractivity (Wildman–Crippen MR) is 87.8 cm³/mol. The maximum absolute atomic E-state index is 12.2. The molecule has 23 heavy (non-hydrogen) atoms. The molecule has 2 amide bonds. The monoisotopic (exact) mass is 337 g/mol. The van der Waals surface area contributed by atoms with Gasteiger partial charge < -0.3 is 10.2 Å². The maximum atomic E-state index is 12.2.